The topological polar surface area (TPSA) is 48.7 Å². The average molecular weight is 302 g/mol. The molecule has 1 heterocycles. The fourth-order valence-electron chi connectivity index (χ4n) is 1.67. The van der Waals surface area contributed by atoms with Crippen LogP contribution >= 0.6 is 15.9 Å². The van der Waals surface area contributed by atoms with Crippen LogP contribution in [0.1, 0.15) is 17.2 Å². The Bertz CT molecular complexity index is 572. The van der Waals surface area contributed by atoms with Crippen molar-refractivity contribution in [3.8, 4) is 6.07 Å². The normalized spacial score (nSPS) is 11.6. The first-order valence-electron chi connectivity index (χ1n) is 5.53. The molecule has 1 atom stereocenters. The third-order valence-corrected chi connectivity index (χ3v) is 3.20. The minimum atomic E-state index is -0.389. The maximum atomic E-state index is 9.27. The summed E-state index contributed by atoms with van der Waals surface area (Å²) in [5.74, 6) is 0. The van der Waals surface area contributed by atoms with Gasteiger partial charge in [0, 0.05) is 28.1 Å². The molecule has 0 saturated carbocycles. The Labute approximate surface area is 115 Å². The summed E-state index contributed by atoms with van der Waals surface area (Å²) in [6.45, 7) is 1.98. The van der Waals surface area contributed by atoms with Gasteiger partial charge >= 0.3 is 0 Å². The highest BCUT2D eigenvalue weighted by Gasteiger charge is 2.12. The second kappa shape index (κ2) is 5.65. The van der Waals surface area contributed by atoms with Crippen molar-refractivity contribution < 1.29 is 0 Å². The molecule has 2 aromatic rings. The van der Waals surface area contributed by atoms with E-state index in [-0.39, 0.29) is 6.04 Å². The number of anilines is 1. The molecule has 0 bridgehead atoms. The van der Waals surface area contributed by atoms with Crippen LogP contribution in [0.25, 0.3) is 0 Å². The molecule has 1 N–H and O–H groups in total. The zero-order valence-corrected chi connectivity index (χ0v) is 11.5. The summed E-state index contributed by atoms with van der Waals surface area (Å²) in [6, 6.07) is 11.5. The second-order valence-corrected chi connectivity index (χ2v) is 4.86. The maximum absolute atomic E-state index is 9.27. The van der Waals surface area contributed by atoms with E-state index in [2.05, 4.69) is 32.3 Å². The summed E-state index contributed by atoms with van der Waals surface area (Å²) in [6.07, 6.45) is 3.46. The van der Waals surface area contributed by atoms with Crippen molar-refractivity contribution in [1.82, 2.24) is 4.98 Å². The van der Waals surface area contributed by atoms with Crippen LogP contribution in [-0.2, 0) is 0 Å². The van der Waals surface area contributed by atoms with E-state index in [1.54, 1.807) is 12.4 Å². The van der Waals surface area contributed by atoms with Crippen LogP contribution in [0.3, 0.4) is 0 Å². The van der Waals surface area contributed by atoms with Crippen molar-refractivity contribution in [2.24, 2.45) is 0 Å². The minimum absolute atomic E-state index is 0.389. The van der Waals surface area contributed by atoms with E-state index >= 15 is 0 Å². The van der Waals surface area contributed by atoms with Gasteiger partial charge in [-0.1, -0.05) is 15.9 Å². The Morgan fingerprint density at radius 2 is 2.00 bits per heavy atom. The predicted molar refractivity (Wildman–Crippen MR) is 75.1 cm³/mol. The van der Waals surface area contributed by atoms with Gasteiger partial charge in [-0.15, -0.1) is 0 Å². The monoisotopic (exact) mass is 301 g/mol. The van der Waals surface area contributed by atoms with E-state index in [9.17, 15) is 5.26 Å². The van der Waals surface area contributed by atoms with Crippen molar-refractivity contribution in [2.75, 3.05) is 5.32 Å². The molecular formula is C14H12BrN3. The smallest absolute Gasteiger partial charge is 0.142 e. The lowest BCUT2D eigenvalue weighted by atomic mass is 10.0. The average Bonchev–Trinajstić information content (AvgIpc) is 2.39. The number of halogens is 1. The Kier molecular flexibility index (Phi) is 3.96. The van der Waals surface area contributed by atoms with Gasteiger partial charge in [0.2, 0.25) is 0 Å². The van der Waals surface area contributed by atoms with Crippen LogP contribution in [-0.4, -0.2) is 4.98 Å². The number of aryl methyl sites for hydroxylation is 1. The van der Waals surface area contributed by atoms with Gasteiger partial charge in [-0.3, -0.25) is 4.98 Å². The van der Waals surface area contributed by atoms with Gasteiger partial charge < -0.3 is 5.32 Å². The van der Waals surface area contributed by atoms with Gasteiger partial charge in [0.15, 0.2) is 0 Å². The molecule has 0 radical (unpaired) electrons. The Morgan fingerprint density at radius 1 is 1.28 bits per heavy atom. The molecule has 4 heteroatoms. The van der Waals surface area contributed by atoms with Gasteiger partial charge in [-0.05, 0) is 42.8 Å². The van der Waals surface area contributed by atoms with Crippen LogP contribution in [0.15, 0.2) is 47.2 Å². The van der Waals surface area contributed by atoms with Gasteiger partial charge in [-0.2, -0.15) is 5.26 Å². The Balaban J connectivity index is 2.23. The van der Waals surface area contributed by atoms with Gasteiger partial charge in [0.25, 0.3) is 0 Å². The summed E-state index contributed by atoms with van der Waals surface area (Å²) in [7, 11) is 0. The number of hydrogen-bond acceptors (Lipinski definition) is 3. The predicted octanol–water partition coefficient (Wildman–Crippen LogP) is 3.83. The van der Waals surface area contributed by atoms with E-state index in [1.807, 2.05) is 37.3 Å². The molecule has 1 unspecified atom stereocenters. The number of pyridine rings is 1. The highest BCUT2D eigenvalue weighted by Crippen LogP contribution is 2.22. The molecule has 0 aliphatic carbocycles. The van der Waals surface area contributed by atoms with E-state index < -0.39 is 0 Å². The SMILES string of the molecule is Cc1ccncc1C(C#N)Nc1ccc(Br)cc1. The van der Waals surface area contributed by atoms with Crippen molar-refractivity contribution in [1.29, 1.82) is 5.26 Å². The molecule has 90 valence electrons. The minimum Gasteiger partial charge on any atom is -0.366 e. The molecule has 18 heavy (non-hydrogen) atoms. The molecule has 3 nitrogen and oxygen atoms in total. The standard InChI is InChI=1S/C14H12BrN3/c1-10-6-7-17-9-13(10)14(8-16)18-12-4-2-11(15)3-5-12/h2-7,9,14,18H,1H3. The zero-order chi connectivity index (χ0) is 13.0. The molecule has 0 fully saturated rings. The van der Waals surface area contributed by atoms with Gasteiger partial charge in [0.05, 0.1) is 6.07 Å². The van der Waals surface area contributed by atoms with Crippen LogP contribution in [0.4, 0.5) is 5.69 Å². The van der Waals surface area contributed by atoms with Crippen LogP contribution in [0.5, 0.6) is 0 Å². The number of rotatable bonds is 3. The lowest BCUT2D eigenvalue weighted by molar-refractivity contribution is 0.965. The van der Waals surface area contributed by atoms with E-state index in [0.717, 1.165) is 21.3 Å². The summed E-state index contributed by atoms with van der Waals surface area (Å²) < 4.78 is 1.01. The number of nitrogens with one attached hydrogen (secondary N) is 1. The highest BCUT2D eigenvalue weighted by atomic mass is 79.9. The van der Waals surface area contributed by atoms with E-state index in [1.165, 1.54) is 0 Å². The van der Waals surface area contributed by atoms with E-state index in [0.29, 0.717) is 0 Å². The fraction of sp³-hybridized carbons (Fsp3) is 0.143. The molecule has 0 amide bonds. The number of hydrogen-bond donors (Lipinski definition) is 1. The van der Waals surface area contributed by atoms with Gasteiger partial charge in [-0.25, -0.2) is 0 Å². The van der Waals surface area contributed by atoms with Crippen molar-refractivity contribution in [3.63, 3.8) is 0 Å². The number of aromatic nitrogens is 1. The summed E-state index contributed by atoms with van der Waals surface area (Å²) in [4.78, 5) is 4.07. The first-order valence-corrected chi connectivity index (χ1v) is 6.32. The zero-order valence-electron chi connectivity index (χ0n) is 9.89. The maximum Gasteiger partial charge on any atom is 0.142 e. The summed E-state index contributed by atoms with van der Waals surface area (Å²) in [5, 5.41) is 12.5. The largest absolute Gasteiger partial charge is 0.366 e. The first kappa shape index (κ1) is 12.6. The molecule has 0 saturated heterocycles. The molecule has 2 rings (SSSR count). The Morgan fingerprint density at radius 3 is 2.61 bits per heavy atom. The lowest BCUT2D eigenvalue weighted by Crippen LogP contribution is -2.10. The van der Waals surface area contributed by atoms with Crippen molar-refractivity contribution in [2.45, 2.75) is 13.0 Å². The third-order valence-electron chi connectivity index (χ3n) is 2.67. The molecule has 1 aromatic heterocycles. The van der Waals surface area contributed by atoms with Crippen LogP contribution < -0.4 is 5.32 Å². The fourth-order valence-corrected chi connectivity index (χ4v) is 1.94. The number of nitrogens with zero attached hydrogens (tertiary/aromatic N) is 2. The first-order chi connectivity index (χ1) is 8.70. The molecule has 0 aliphatic heterocycles. The Hall–Kier alpha value is -1.86. The van der Waals surface area contributed by atoms with Crippen LogP contribution in [0.2, 0.25) is 0 Å². The molecule has 0 spiro atoms. The molecule has 0 aliphatic rings. The highest BCUT2D eigenvalue weighted by molar-refractivity contribution is 9.10. The quantitative estimate of drug-likeness (QED) is 0.937. The van der Waals surface area contributed by atoms with Gasteiger partial charge in [0.1, 0.15) is 6.04 Å². The lowest BCUT2D eigenvalue weighted by Gasteiger charge is -2.14. The molecular weight excluding hydrogens is 290 g/mol. The molecule has 1 aromatic carbocycles. The number of nitriles is 1. The third kappa shape index (κ3) is 2.88. The van der Waals surface area contributed by atoms with Crippen LogP contribution in [0, 0.1) is 18.3 Å². The number of benzene rings is 1. The van der Waals surface area contributed by atoms with Crippen molar-refractivity contribution in [3.05, 3.63) is 58.3 Å². The van der Waals surface area contributed by atoms with E-state index in [4.69, 9.17) is 0 Å². The summed E-state index contributed by atoms with van der Waals surface area (Å²) in [5.41, 5.74) is 2.87. The second-order valence-electron chi connectivity index (χ2n) is 3.95. The van der Waals surface area contributed by atoms with Crippen molar-refractivity contribution >= 4 is 21.6 Å². The summed E-state index contributed by atoms with van der Waals surface area (Å²) >= 11 is 3.38.